The van der Waals surface area contributed by atoms with Crippen molar-refractivity contribution in [2.24, 2.45) is 5.73 Å². The summed E-state index contributed by atoms with van der Waals surface area (Å²) >= 11 is 0. The van der Waals surface area contributed by atoms with Gasteiger partial charge in [0.05, 0.1) is 12.6 Å². The number of hydrogen-bond acceptors (Lipinski definition) is 5. The predicted octanol–water partition coefficient (Wildman–Crippen LogP) is 4.91. The van der Waals surface area contributed by atoms with Gasteiger partial charge in [-0.15, -0.1) is 0 Å². The van der Waals surface area contributed by atoms with Gasteiger partial charge in [0, 0.05) is 12.1 Å². The van der Waals surface area contributed by atoms with E-state index in [0.717, 1.165) is 23.3 Å². The molecule has 8 heteroatoms. The van der Waals surface area contributed by atoms with Gasteiger partial charge in [-0.1, -0.05) is 93.6 Å². The molecule has 0 radical (unpaired) electrons. The number of fused-ring (bicyclic) bond motifs is 1. The van der Waals surface area contributed by atoms with E-state index in [1.165, 1.54) is 10.4 Å². The molecule has 0 bridgehead atoms. The molecule has 0 aliphatic rings. The van der Waals surface area contributed by atoms with E-state index in [0.29, 0.717) is 29.3 Å². The molecule has 0 saturated carbocycles. The van der Waals surface area contributed by atoms with Crippen LogP contribution >= 0.6 is 0 Å². The zero-order valence-electron chi connectivity index (χ0n) is 23.9. The van der Waals surface area contributed by atoms with Crippen molar-refractivity contribution in [2.75, 3.05) is 12.8 Å². The first-order valence-corrected chi connectivity index (χ1v) is 15.6. The second-order valence-electron chi connectivity index (χ2n) is 11.2. The van der Waals surface area contributed by atoms with Crippen molar-refractivity contribution in [3.8, 4) is 11.5 Å². The molecule has 5 rings (SSSR count). The monoisotopic (exact) mass is 564 g/mol. The first-order chi connectivity index (χ1) is 19.6. The van der Waals surface area contributed by atoms with Crippen molar-refractivity contribution in [3.05, 3.63) is 108 Å². The molecule has 0 atom stereocenters. The molecular formula is C33H36N4O3Si. The van der Waals surface area contributed by atoms with Gasteiger partial charge in [0.1, 0.15) is 17.0 Å². The summed E-state index contributed by atoms with van der Waals surface area (Å²) in [4.78, 5) is 16.2. The van der Waals surface area contributed by atoms with E-state index < -0.39 is 14.2 Å². The minimum absolute atomic E-state index is 0.123. The summed E-state index contributed by atoms with van der Waals surface area (Å²) in [6.45, 7) is 7.40. The maximum Gasteiger partial charge on any atom is 0.319 e. The SMILES string of the molecule is COc1cc(C(N)=O)cc2nc(N)n(CCc3ccc(O[Si](c4ccccc4)(c4ccccc4)C(C)(C)C)cc3)c12. The maximum absolute atomic E-state index is 11.7. The molecular weight excluding hydrogens is 528 g/mol. The third-order valence-corrected chi connectivity index (χ3v) is 12.5. The molecule has 4 aromatic carbocycles. The third kappa shape index (κ3) is 5.30. The number of anilines is 1. The molecule has 0 unspecified atom stereocenters. The maximum atomic E-state index is 11.7. The number of carbonyl (C=O) groups excluding carboxylic acids is 1. The Bertz CT molecular complexity index is 1620. The lowest BCUT2D eigenvalue weighted by atomic mass is 10.1. The number of amides is 1. The standard InChI is InChI=1S/C33H36N4O3Si/c1-33(2,3)41(26-11-7-5-8-12-26,27-13-9-6-10-14-27)40-25-17-15-23(16-18-25)19-20-37-30-28(36-32(37)35)21-24(31(34)38)22-29(30)39-4/h5-18,21-22H,19-20H2,1-4H3,(H2,34,38)(H2,35,36). The van der Waals surface area contributed by atoms with Crippen LogP contribution in [0.4, 0.5) is 5.95 Å². The van der Waals surface area contributed by atoms with E-state index in [1.54, 1.807) is 19.2 Å². The Morgan fingerprint density at radius 1 is 0.902 bits per heavy atom. The number of ether oxygens (including phenoxy) is 1. The van der Waals surface area contributed by atoms with Gasteiger partial charge in [-0.25, -0.2) is 4.98 Å². The van der Waals surface area contributed by atoms with E-state index in [4.69, 9.17) is 20.6 Å². The van der Waals surface area contributed by atoms with Crippen LogP contribution in [0.15, 0.2) is 97.1 Å². The fraction of sp³-hybridized carbons (Fsp3) is 0.212. The van der Waals surface area contributed by atoms with Crippen LogP contribution in [0.25, 0.3) is 11.0 Å². The highest BCUT2D eigenvalue weighted by Crippen LogP contribution is 2.37. The Morgan fingerprint density at radius 2 is 1.49 bits per heavy atom. The van der Waals surface area contributed by atoms with E-state index in [2.05, 4.69) is 98.6 Å². The number of aryl methyl sites for hydroxylation is 2. The smallest absolute Gasteiger partial charge is 0.319 e. The Morgan fingerprint density at radius 3 is 2.00 bits per heavy atom. The average Bonchev–Trinajstić information content (AvgIpc) is 3.29. The molecule has 0 aliphatic heterocycles. The minimum Gasteiger partial charge on any atom is -0.534 e. The number of rotatable bonds is 9. The highest BCUT2D eigenvalue weighted by molar-refractivity contribution is 7.00. The minimum atomic E-state index is -2.71. The molecule has 41 heavy (non-hydrogen) atoms. The second kappa shape index (κ2) is 11.1. The molecule has 0 aliphatic carbocycles. The number of nitrogen functional groups attached to an aromatic ring is 1. The first-order valence-electron chi connectivity index (χ1n) is 13.7. The highest BCUT2D eigenvalue weighted by atomic mass is 28.4. The van der Waals surface area contributed by atoms with Crippen LogP contribution in [0, 0.1) is 0 Å². The number of hydrogen-bond donors (Lipinski definition) is 2. The van der Waals surface area contributed by atoms with E-state index >= 15 is 0 Å². The third-order valence-electron chi connectivity index (χ3n) is 7.58. The Hall–Kier alpha value is -4.56. The number of aromatic nitrogens is 2. The highest BCUT2D eigenvalue weighted by Gasteiger charge is 2.52. The molecule has 1 amide bonds. The molecule has 7 nitrogen and oxygen atoms in total. The number of carbonyl (C=O) groups is 1. The van der Waals surface area contributed by atoms with Gasteiger partial charge in [0.15, 0.2) is 0 Å². The summed E-state index contributed by atoms with van der Waals surface area (Å²) in [5.74, 6) is 1.16. The van der Waals surface area contributed by atoms with Crippen LogP contribution < -0.4 is 31.0 Å². The topological polar surface area (TPSA) is 105 Å². The lowest BCUT2D eigenvalue weighted by Gasteiger charge is -2.43. The molecule has 0 fully saturated rings. The number of nitrogens with zero attached hydrogens (tertiary/aromatic N) is 2. The van der Waals surface area contributed by atoms with Crippen LogP contribution in [-0.2, 0) is 13.0 Å². The van der Waals surface area contributed by atoms with Gasteiger partial charge in [0.2, 0.25) is 11.9 Å². The van der Waals surface area contributed by atoms with Crippen molar-refractivity contribution in [2.45, 2.75) is 38.8 Å². The van der Waals surface area contributed by atoms with Crippen LogP contribution in [0.2, 0.25) is 5.04 Å². The molecule has 5 aromatic rings. The van der Waals surface area contributed by atoms with Crippen molar-refractivity contribution >= 4 is 41.6 Å². The molecule has 0 spiro atoms. The van der Waals surface area contributed by atoms with Crippen LogP contribution in [0.5, 0.6) is 11.5 Å². The van der Waals surface area contributed by atoms with Crippen LogP contribution in [0.1, 0.15) is 36.7 Å². The zero-order chi connectivity index (χ0) is 29.2. The summed E-state index contributed by atoms with van der Waals surface area (Å²) in [5, 5.41) is 2.35. The lowest BCUT2D eigenvalue weighted by molar-refractivity contribution is 0.1000. The van der Waals surface area contributed by atoms with Crippen molar-refractivity contribution in [1.29, 1.82) is 0 Å². The summed E-state index contributed by atoms with van der Waals surface area (Å²) in [5.41, 5.74) is 14.5. The predicted molar refractivity (Wildman–Crippen MR) is 168 cm³/mol. The molecule has 4 N–H and O–H groups in total. The Labute approximate surface area is 241 Å². The van der Waals surface area contributed by atoms with Crippen molar-refractivity contribution < 1.29 is 14.0 Å². The summed E-state index contributed by atoms with van der Waals surface area (Å²) < 4.78 is 14.6. The largest absolute Gasteiger partial charge is 0.534 e. The van der Waals surface area contributed by atoms with Crippen LogP contribution in [-0.4, -0.2) is 30.9 Å². The van der Waals surface area contributed by atoms with Gasteiger partial charge in [-0.2, -0.15) is 0 Å². The van der Waals surface area contributed by atoms with Crippen molar-refractivity contribution in [1.82, 2.24) is 9.55 Å². The quantitative estimate of drug-likeness (QED) is 0.248. The fourth-order valence-corrected chi connectivity index (χ4v) is 9.98. The van der Waals surface area contributed by atoms with E-state index in [1.807, 2.05) is 16.7 Å². The lowest BCUT2D eigenvalue weighted by Crippen LogP contribution is -2.68. The Kier molecular flexibility index (Phi) is 7.60. The molecule has 210 valence electrons. The number of imidazole rings is 1. The van der Waals surface area contributed by atoms with Gasteiger partial charge < -0.3 is 25.2 Å². The van der Waals surface area contributed by atoms with Gasteiger partial charge in [0.25, 0.3) is 0 Å². The molecule has 1 aromatic heterocycles. The second-order valence-corrected chi connectivity index (χ2v) is 15.4. The summed E-state index contributed by atoms with van der Waals surface area (Å²) in [6.07, 6.45) is 0.718. The van der Waals surface area contributed by atoms with Gasteiger partial charge >= 0.3 is 8.32 Å². The number of methoxy groups -OCH3 is 1. The molecule has 1 heterocycles. The van der Waals surface area contributed by atoms with Crippen LogP contribution in [0.3, 0.4) is 0 Å². The van der Waals surface area contributed by atoms with E-state index in [9.17, 15) is 4.79 Å². The van der Waals surface area contributed by atoms with Gasteiger partial charge in [-0.05, 0) is 51.7 Å². The first kappa shape index (κ1) is 28.0. The van der Waals surface area contributed by atoms with Crippen molar-refractivity contribution in [3.63, 3.8) is 0 Å². The van der Waals surface area contributed by atoms with E-state index in [-0.39, 0.29) is 5.04 Å². The number of nitrogens with two attached hydrogens (primary N) is 2. The van der Waals surface area contributed by atoms with Gasteiger partial charge in [-0.3, -0.25) is 4.79 Å². The fourth-order valence-electron chi connectivity index (χ4n) is 5.56. The number of primary amides is 1. The number of benzene rings is 4. The normalized spacial score (nSPS) is 11.9. The zero-order valence-corrected chi connectivity index (χ0v) is 24.9. The molecule has 0 saturated heterocycles. The summed E-state index contributed by atoms with van der Waals surface area (Å²) in [7, 11) is -1.15. The summed E-state index contributed by atoms with van der Waals surface area (Å²) in [6, 6.07) is 32.8. The Balaban J connectivity index is 1.44. The average molecular weight is 565 g/mol.